The summed E-state index contributed by atoms with van der Waals surface area (Å²) in [6.07, 6.45) is 0. The molecule has 0 amide bonds. The van der Waals surface area contributed by atoms with Gasteiger partial charge >= 0.3 is 11.9 Å². The van der Waals surface area contributed by atoms with Crippen LogP contribution in [-0.4, -0.2) is 45.4 Å². The molecule has 0 fully saturated rings. The summed E-state index contributed by atoms with van der Waals surface area (Å²) < 4.78 is 35.3. The van der Waals surface area contributed by atoms with Gasteiger partial charge in [-0.25, -0.2) is 22.3 Å². The number of benzene rings is 2. The average molecular weight is 377 g/mol. The Morgan fingerprint density at radius 1 is 0.962 bits per heavy atom. The lowest BCUT2D eigenvalue weighted by Gasteiger charge is -2.11. The van der Waals surface area contributed by atoms with E-state index in [1.807, 2.05) is 0 Å². The number of carbonyl (C=O) groups is 2. The number of hydrogen-bond donors (Lipinski definition) is 0. The van der Waals surface area contributed by atoms with Gasteiger partial charge < -0.3 is 9.47 Å². The lowest BCUT2D eigenvalue weighted by Crippen LogP contribution is -2.22. The van der Waals surface area contributed by atoms with Crippen LogP contribution in [0.1, 0.15) is 27.6 Å². The largest absolute Gasteiger partial charge is 0.462 e. The van der Waals surface area contributed by atoms with Crippen molar-refractivity contribution in [1.82, 2.24) is 4.31 Å². The molecular weight excluding hydrogens is 358 g/mol. The Hall–Kier alpha value is -2.71. The van der Waals surface area contributed by atoms with Gasteiger partial charge in [0.05, 0.1) is 22.6 Å². The van der Waals surface area contributed by atoms with Crippen molar-refractivity contribution in [2.24, 2.45) is 0 Å². The minimum absolute atomic E-state index is 0.0726. The maximum Gasteiger partial charge on any atom is 0.343 e. The number of hydrogen-bond acceptors (Lipinski definition) is 6. The fraction of sp³-hybridized carbons (Fsp3) is 0.222. The third kappa shape index (κ3) is 4.47. The second kappa shape index (κ2) is 8.11. The molecule has 0 unspecified atom stereocenters. The van der Waals surface area contributed by atoms with Gasteiger partial charge in [-0.1, -0.05) is 6.07 Å². The molecule has 0 N–H and O–H groups in total. The highest BCUT2D eigenvalue weighted by molar-refractivity contribution is 7.89. The Morgan fingerprint density at radius 3 is 2.19 bits per heavy atom. The summed E-state index contributed by atoms with van der Waals surface area (Å²) in [7, 11) is -0.720. The Kier molecular flexibility index (Phi) is 6.12. The number of esters is 2. The van der Waals surface area contributed by atoms with Crippen LogP contribution in [0.25, 0.3) is 0 Å². The molecule has 2 aromatic carbocycles. The summed E-state index contributed by atoms with van der Waals surface area (Å²) in [6, 6.07) is 11.5. The van der Waals surface area contributed by atoms with Crippen molar-refractivity contribution < 1.29 is 27.5 Å². The Balaban J connectivity index is 2.16. The van der Waals surface area contributed by atoms with E-state index in [0.717, 1.165) is 4.31 Å². The normalized spacial score (nSPS) is 11.2. The first-order chi connectivity index (χ1) is 12.3. The van der Waals surface area contributed by atoms with Gasteiger partial charge in [0, 0.05) is 14.1 Å². The summed E-state index contributed by atoms with van der Waals surface area (Å²) in [5.41, 5.74) is 0.453. The van der Waals surface area contributed by atoms with Crippen LogP contribution in [0, 0.1) is 0 Å². The van der Waals surface area contributed by atoms with Crippen molar-refractivity contribution in [2.75, 3.05) is 20.7 Å². The summed E-state index contributed by atoms with van der Waals surface area (Å²) >= 11 is 0. The Morgan fingerprint density at radius 2 is 1.62 bits per heavy atom. The third-order valence-corrected chi connectivity index (χ3v) is 5.25. The van der Waals surface area contributed by atoms with E-state index in [2.05, 4.69) is 0 Å². The van der Waals surface area contributed by atoms with E-state index >= 15 is 0 Å². The monoisotopic (exact) mass is 377 g/mol. The van der Waals surface area contributed by atoms with Crippen LogP contribution in [0.5, 0.6) is 5.75 Å². The quantitative estimate of drug-likeness (QED) is 0.567. The molecule has 2 aromatic rings. The molecule has 0 aliphatic carbocycles. The van der Waals surface area contributed by atoms with Gasteiger partial charge in [0.1, 0.15) is 5.75 Å². The van der Waals surface area contributed by atoms with Gasteiger partial charge in [-0.3, -0.25) is 0 Å². The van der Waals surface area contributed by atoms with Crippen LogP contribution in [-0.2, 0) is 14.8 Å². The maximum atomic E-state index is 12.2. The number of ether oxygens (including phenoxy) is 2. The van der Waals surface area contributed by atoms with Crippen molar-refractivity contribution >= 4 is 22.0 Å². The molecule has 0 saturated carbocycles. The lowest BCUT2D eigenvalue weighted by molar-refractivity contribution is 0.0524. The van der Waals surface area contributed by atoms with E-state index in [1.54, 1.807) is 19.1 Å². The second-order valence-corrected chi connectivity index (χ2v) is 7.60. The van der Waals surface area contributed by atoms with E-state index in [9.17, 15) is 18.0 Å². The van der Waals surface area contributed by atoms with Crippen LogP contribution < -0.4 is 4.74 Å². The molecule has 26 heavy (non-hydrogen) atoms. The van der Waals surface area contributed by atoms with Crippen molar-refractivity contribution in [3.63, 3.8) is 0 Å². The summed E-state index contributed by atoms with van der Waals surface area (Å²) in [4.78, 5) is 24.0. The van der Waals surface area contributed by atoms with Gasteiger partial charge in [-0.05, 0) is 49.4 Å². The number of nitrogens with zero attached hydrogens (tertiary/aromatic N) is 1. The van der Waals surface area contributed by atoms with Crippen LogP contribution in [0.4, 0.5) is 0 Å². The molecule has 0 radical (unpaired) electrons. The molecule has 0 atom stereocenters. The van der Waals surface area contributed by atoms with Crippen molar-refractivity contribution in [1.29, 1.82) is 0 Å². The molecule has 0 heterocycles. The zero-order valence-corrected chi connectivity index (χ0v) is 15.4. The number of sulfonamides is 1. The molecule has 0 saturated heterocycles. The Labute approximate surface area is 152 Å². The fourth-order valence-electron chi connectivity index (χ4n) is 2.04. The van der Waals surface area contributed by atoms with E-state index in [4.69, 9.17) is 9.47 Å². The zero-order valence-electron chi connectivity index (χ0n) is 14.6. The van der Waals surface area contributed by atoms with Gasteiger partial charge in [0.2, 0.25) is 10.0 Å². The summed E-state index contributed by atoms with van der Waals surface area (Å²) in [6.45, 7) is 1.94. The molecule has 0 spiro atoms. The van der Waals surface area contributed by atoms with Crippen molar-refractivity contribution in [2.45, 2.75) is 11.8 Å². The SMILES string of the molecule is CCOC(=O)c1cccc(OC(=O)c2ccc(S(=O)(=O)N(C)C)cc2)c1. The molecular formula is C18H19NO6S. The van der Waals surface area contributed by atoms with Crippen molar-refractivity contribution in [3.05, 3.63) is 59.7 Å². The maximum absolute atomic E-state index is 12.2. The average Bonchev–Trinajstić information content (AvgIpc) is 2.62. The highest BCUT2D eigenvalue weighted by atomic mass is 32.2. The fourth-order valence-corrected chi connectivity index (χ4v) is 2.94. The molecule has 8 heteroatoms. The minimum atomic E-state index is -3.57. The molecule has 2 rings (SSSR count). The molecule has 138 valence electrons. The highest BCUT2D eigenvalue weighted by Gasteiger charge is 2.18. The van der Waals surface area contributed by atoms with E-state index in [-0.39, 0.29) is 28.4 Å². The van der Waals surface area contributed by atoms with Gasteiger partial charge in [-0.2, -0.15) is 0 Å². The van der Waals surface area contributed by atoms with Gasteiger partial charge in [-0.15, -0.1) is 0 Å². The van der Waals surface area contributed by atoms with Gasteiger partial charge in [0.25, 0.3) is 0 Å². The first-order valence-corrected chi connectivity index (χ1v) is 9.21. The zero-order chi connectivity index (χ0) is 19.3. The van der Waals surface area contributed by atoms with E-state index in [0.29, 0.717) is 0 Å². The lowest BCUT2D eigenvalue weighted by atomic mass is 10.2. The summed E-state index contributed by atoms with van der Waals surface area (Å²) in [5, 5.41) is 0. The van der Waals surface area contributed by atoms with Crippen LogP contribution >= 0.6 is 0 Å². The van der Waals surface area contributed by atoms with Gasteiger partial charge in [0.15, 0.2) is 0 Å². The molecule has 0 aromatic heterocycles. The van der Waals surface area contributed by atoms with E-state index < -0.39 is 22.0 Å². The Bertz CT molecular complexity index is 904. The predicted molar refractivity (Wildman–Crippen MR) is 94.7 cm³/mol. The summed E-state index contributed by atoms with van der Waals surface area (Å²) in [5.74, 6) is -0.992. The topological polar surface area (TPSA) is 90.0 Å². The number of rotatable bonds is 6. The first kappa shape index (κ1) is 19.6. The van der Waals surface area contributed by atoms with Crippen molar-refractivity contribution in [3.8, 4) is 5.75 Å². The van der Waals surface area contributed by atoms with Crippen LogP contribution in [0.2, 0.25) is 0 Å². The molecule has 0 aliphatic heterocycles. The third-order valence-electron chi connectivity index (χ3n) is 3.42. The van der Waals surface area contributed by atoms with Crippen LogP contribution in [0.15, 0.2) is 53.4 Å². The molecule has 7 nitrogen and oxygen atoms in total. The molecule has 0 bridgehead atoms. The number of carbonyl (C=O) groups excluding carboxylic acids is 2. The smallest absolute Gasteiger partial charge is 0.343 e. The standard InChI is InChI=1S/C18H19NO6S/c1-4-24-17(20)14-6-5-7-15(12-14)25-18(21)13-8-10-16(11-9-13)26(22,23)19(2)3/h5-12H,4H2,1-3H3. The second-order valence-electron chi connectivity index (χ2n) is 5.45. The molecule has 0 aliphatic rings. The highest BCUT2D eigenvalue weighted by Crippen LogP contribution is 2.18. The van der Waals surface area contributed by atoms with Crippen LogP contribution in [0.3, 0.4) is 0 Å². The minimum Gasteiger partial charge on any atom is -0.462 e. The van der Waals surface area contributed by atoms with E-state index in [1.165, 1.54) is 50.5 Å². The predicted octanol–water partition coefficient (Wildman–Crippen LogP) is 2.33. The first-order valence-electron chi connectivity index (χ1n) is 7.77.